The second-order valence-corrected chi connectivity index (χ2v) is 4.92. The smallest absolute Gasteiger partial charge is 0.141 e. The van der Waals surface area contributed by atoms with Crippen LogP contribution < -0.4 is 5.32 Å². The molecule has 1 atom stereocenters. The summed E-state index contributed by atoms with van der Waals surface area (Å²) in [7, 11) is 0. The fourth-order valence-corrected chi connectivity index (χ4v) is 2.23. The number of aromatic nitrogens is 1. The van der Waals surface area contributed by atoms with Crippen molar-refractivity contribution in [2.24, 2.45) is 0 Å². The van der Waals surface area contributed by atoms with Crippen molar-refractivity contribution in [3.63, 3.8) is 0 Å². The standard InChI is InChI=1S/C12H19FN2S/c1-3-5-15-12(9-16-4-2)10-6-11(13)8-14-7-10/h6-8,12,15H,3-5,9H2,1-2H3. The van der Waals surface area contributed by atoms with Crippen molar-refractivity contribution in [3.8, 4) is 0 Å². The molecule has 0 aliphatic rings. The number of nitrogens with one attached hydrogen (secondary N) is 1. The van der Waals surface area contributed by atoms with Crippen LogP contribution in [0.25, 0.3) is 0 Å². The van der Waals surface area contributed by atoms with Gasteiger partial charge >= 0.3 is 0 Å². The maximum Gasteiger partial charge on any atom is 0.141 e. The molecule has 1 heterocycles. The lowest BCUT2D eigenvalue weighted by atomic mass is 10.1. The number of nitrogens with zero attached hydrogens (tertiary/aromatic N) is 1. The van der Waals surface area contributed by atoms with E-state index in [9.17, 15) is 4.39 Å². The van der Waals surface area contributed by atoms with Gasteiger partial charge in [0, 0.05) is 18.0 Å². The lowest BCUT2D eigenvalue weighted by Gasteiger charge is -2.18. The molecule has 0 aliphatic carbocycles. The van der Waals surface area contributed by atoms with Crippen LogP contribution in [-0.4, -0.2) is 23.0 Å². The quantitative estimate of drug-likeness (QED) is 0.795. The lowest BCUT2D eigenvalue weighted by Crippen LogP contribution is -2.24. The van der Waals surface area contributed by atoms with E-state index in [1.165, 1.54) is 6.20 Å². The van der Waals surface area contributed by atoms with Gasteiger partial charge in [-0.15, -0.1) is 0 Å². The van der Waals surface area contributed by atoms with E-state index in [4.69, 9.17) is 0 Å². The molecule has 0 fully saturated rings. The number of halogens is 1. The van der Waals surface area contributed by atoms with Crippen LogP contribution in [0.3, 0.4) is 0 Å². The summed E-state index contributed by atoms with van der Waals surface area (Å²) in [6.07, 6.45) is 4.07. The molecule has 16 heavy (non-hydrogen) atoms. The van der Waals surface area contributed by atoms with Gasteiger partial charge in [0.05, 0.1) is 6.20 Å². The van der Waals surface area contributed by atoms with Gasteiger partial charge in [0.15, 0.2) is 0 Å². The number of rotatable bonds is 7. The molecule has 0 aromatic carbocycles. The minimum absolute atomic E-state index is 0.202. The van der Waals surface area contributed by atoms with Crippen LogP contribution in [0.1, 0.15) is 31.9 Å². The second kappa shape index (κ2) is 7.63. The van der Waals surface area contributed by atoms with Crippen LogP contribution in [0, 0.1) is 5.82 Å². The molecule has 1 aromatic heterocycles. The largest absolute Gasteiger partial charge is 0.309 e. The minimum atomic E-state index is -0.262. The predicted octanol–water partition coefficient (Wildman–Crippen LogP) is 3.01. The van der Waals surface area contributed by atoms with Crippen molar-refractivity contribution < 1.29 is 4.39 Å². The molecule has 2 nitrogen and oxygen atoms in total. The van der Waals surface area contributed by atoms with Crippen molar-refractivity contribution in [2.75, 3.05) is 18.1 Å². The van der Waals surface area contributed by atoms with Gasteiger partial charge in [-0.3, -0.25) is 4.98 Å². The Morgan fingerprint density at radius 3 is 2.88 bits per heavy atom. The van der Waals surface area contributed by atoms with Crippen molar-refractivity contribution in [1.82, 2.24) is 10.3 Å². The summed E-state index contributed by atoms with van der Waals surface area (Å²) in [6, 6.07) is 1.77. The number of hydrogen-bond acceptors (Lipinski definition) is 3. The van der Waals surface area contributed by atoms with Gasteiger partial charge in [-0.1, -0.05) is 13.8 Å². The highest BCUT2D eigenvalue weighted by Crippen LogP contribution is 2.18. The van der Waals surface area contributed by atoms with Gasteiger partial charge in [-0.2, -0.15) is 11.8 Å². The average molecular weight is 242 g/mol. The van der Waals surface area contributed by atoms with Crippen LogP contribution >= 0.6 is 11.8 Å². The molecule has 0 saturated carbocycles. The first-order valence-corrected chi connectivity index (χ1v) is 6.85. The van der Waals surface area contributed by atoms with E-state index in [1.54, 1.807) is 12.3 Å². The zero-order chi connectivity index (χ0) is 11.8. The highest BCUT2D eigenvalue weighted by molar-refractivity contribution is 7.99. The Bertz CT molecular complexity index is 299. The molecule has 0 amide bonds. The van der Waals surface area contributed by atoms with Crippen molar-refractivity contribution in [2.45, 2.75) is 26.3 Å². The third kappa shape index (κ3) is 4.49. The fraction of sp³-hybridized carbons (Fsp3) is 0.583. The Balaban J connectivity index is 2.66. The van der Waals surface area contributed by atoms with Crippen molar-refractivity contribution in [1.29, 1.82) is 0 Å². The monoisotopic (exact) mass is 242 g/mol. The van der Waals surface area contributed by atoms with Gasteiger partial charge in [-0.25, -0.2) is 4.39 Å². The summed E-state index contributed by atoms with van der Waals surface area (Å²) in [5.74, 6) is 1.77. The molecule has 4 heteroatoms. The Hall–Kier alpha value is -0.610. The Morgan fingerprint density at radius 1 is 1.44 bits per heavy atom. The van der Waals surface area contributed by atoms with Crippen LogP contribution in [-0.2, 0) is 0 Å². The minimum Gasteiger partial charge on any atom is -0.309 e. The molecule has 1 unspecified atom stereocenters. The third-order valence-electron chi connectivity index (χ3n) is 2.26. The van der Waals surface area contributed by atoms with Gasteiger partial charge in [-0.05, 0) is 30.3 Å². The molecular weight excluding hydrogens is 223 g/mol. The molecule has 0 radical (unpaired) electrons. The van der Waals surface area contributed by atoms with Crippen LogP contribution in [0.2, 0.25) is 0 Å². The first-order valence-electron chi connectivity index (χ1n) is 5.69. The maximum absolute atomic E-state index is 13.1. The summed E-state index contributed by atoms with van der Waals surface area (Å²) < 4.78 is 13.1. The molecule has 0 aliphatic heterocycles. The SMILES string of the molecule is CCCNC(CSCC)c1cncc(F)c1. The zero-order valence-corrected chi connectivity index (χ0v) is 10.7. The second-order valence-electron chi connectivity index (χ2n) is 3.60. The topological polar surface area (TPSA) is 24.9 Å². The van der Waals surface area contributed by atoms with E-state index in [0.717, 1.165) is 30.0 Å². The molecule has 0 saturated heterocycles. The number of thioether (sulfide) groups is 1. The van der Waals surface area contributed by atoms with Crippen molar-refractivity contribution in [3.05, 3.63) is 29.8 Å². The summed E-state index contributed by atoms with van der Waals surface area (Å²) in [5, 5.41) is 3.42. The van der Waals surface area contributed by atoms with E-state index in [0.29, 0.717) is 0 Å². The van der Waals surface area contributed by atoms with E-state index in [1.807, 2.05) is 11.8 Å². The molecule has 1 aromatic rings. The fourth-order valence-electron chi connectivity index (χ4n) is 1.45. The molecule has 1 rings (SSSR count). The Kier molecular flexibility index (Phi) is 6.42. The highest BCUT2D eigenvalue weighted by atomic mass is 32.2. The van der Waals surface area contributed by atoms with E-state index in [2.05, 4.69) is 24.1 Å². The lowest BCUT2D eigenvalue weighted by molar-refractivity contribution is 0.564. The predicted molar refractivity (Wildman–Crippen MR) is 68.2 cm³/mol. The summed E-state index contributed by atoms with van der Waals surface area (Å²) in [4.78, 5) is 3.90. The molecule has 1 N–H and O–H groups in total. The van der Waals surface area contributed by atoms with Gasteiger partial charge < -0.3 is 5.32 Å². The van der Waals surface area contributed by atoms with E-state index < -0.39 is 0 Å². The van der Waals surface area contributed by atoms with E-state index in [-0.39, 0.29) is 11.9 Å². The zero-order valence-electron chi connectivity index (χ0n) is 9.87. The van der Waals surface area contributed by atoms with Crippen LogP contribution in [0.15, 0.2) is 18.5 Å². The Labute approximate surface area is 101 Å². The molecular formula is C12H19FN2S. The molecule has 0 spiro atoms. The van der Waals surface area contributed by atoms with Crippen LogP contribution in [0.4, 0.5) is 4.39 Å². The average Bonchev–Trinajstić information content (AvgIpc) is 2.29. The first kappa shape index (κ1) is 13.5. The van der Waals surface area contributed by atoms with Gasteiger partial charge in [0.1, 0.15) is 5.82 Å². The van der Waals surface area contributed by atoms with Gasteiger partial charge in [0.25, 0.3) is 0 Å². The van der Waals surface area contributed by atoms with Crippen LogP contribution in [0.5, 0.6) is 0 Å². The Morgan fingerprint density at radius 2 is 2.25 bits per heavy atom. The van der Waals surface area contributed by atoms with E-state index >= 15 is 0 Å². The highest BCUT2D eigenvalue weighted by Gasteiger charge is 2.11. The normalized spacial score (nSPS) is 12.7. The summed E-state index contributed by atoms with van der Waals surface area (Å²) in [5.41, 5.74) is 0.939. The summed E-state index contributed by atoms with van der Waals surface area (Å²) in [6.45, 7) is 5.21. The van der Waals surface area contributed by atoms with Crippen molar-refractivity contribution >= 4 is 11.8 Å². The van der Waals surface area contributed by atoms with Gasteiger partial charge in [0.2, 0.25) is 0 Å². The number of hydrogen-bond donors (Lipinski definition) is 1. The first-order chi connectivity index (χ1) is 7.77. The number of pyridine rings is 1. The molecule has 0 bridgehead atoms. The maximum atomic E-state index is 13.1. The molecule has 90 valence electrons. The third-order valence-corrected chi connectivity index (χ3v) is 3.24. The summed E-state index contributed by atoms with van der Waals surface area (Å²) >= 11 is 1.85.